The number of sulfone groups is 1. The number of carbonyl (C=O) groups is 1. The zero-order valence-corrected chi connectivity index (χ0v) is 21.6. The van der Waals surface area contributed by atoms with Gasteiger partial charge in [-0.3, -0.25) is 4.79 Å². The Kier molecular flexibility index (Phi) is 6.00. The molecule has 7 nitrogen and oxygen atoms in total. The molecule has 0 aliphatic carbocycles. The predicted octanol–water partition coefficient (Wildman–Crippen LogP) is 5.12. The Morgan fingerprint density at radius 1 is 1.00 bits per heavy atom. The van der Waals surface area contributed by atoms with E-state index in [2.05, 4.69) is 23.7 Å². The maximum absolute atomic E-state index is 13.8. The summed E-state index contributed by atoms with van der Waals surface area (Å²) < 4.78 is 29.1. The monoisotopic (exact) mass is 503 g/mol. The predicted molar refractivity (Wildman–Crippen MR) is 144 cm³/mol. The van der Waals surface area contributed by atoms with E-state index < -0.39 is 9.84 Å². The lowest BCUT2D eigenvalue weighted by atomic mass is 10.0. The van der Waals surface area contributed by atoms with Gasteiger partial charge in [-0.25, -0.2) is 8.42 Å². The average molecular weight is 504 g/mol. The Bertz CT molecular complexity index is 1560. The number of nitrogens with one attached hydrogen (secondary N) is 1. The lowest BCUT2D eigenvalue weighted by molar-refractivity contribution is 0.0980. The van der Waals surface area contributed by atoms with Gasteiger partial charge in [0.15, 0.2) is 9.84 Å². The second kappa shape index (κ2) is 9.02. The number of H-pyrrole nitrogens is 1. The smallest absolute Gasteiger partial charge is 0.274 e. The van der Waals surface area contributed by atoms with Crippen molar-refractivity contribution in [2.75, 3.05) is 36.3 Å². The van der Waals surface area contributed by atoms with Crippen molar-refractivity contribution < 1.29 is 17.9 Å². The van der Waals surface area contributed by atoms with E-state index in [4.69, 9.17) is 4.74 Å². The molecule has 186 valence electrons. The number of ether oxygens (including phenoxy) is 1. The minimum absolute atomic E-state index is 0.0985. The standard InChI is InChI=1S/C28H29N3O4S/c1-5-30-18(2)17-31(28(32)25-15-21-14-22(35-3)9-12-24(21)29-25)27-16-20(8-13-26(27)30)19-6-10-23(11-7-19)36(4,33)34/h6-16,18,29H,5,17H2,1-4H3/t18-/m0/s1. The second-order valence-corrected chi connectivity index (χ2v) is 11.2. The van der Waals surface area contributed by atoms with Crippen LogP contribution in [0.2, 0.25) is 0 Å². The number of methoxy groups -OCH3 is 1. The number of aromatic amines is 1. The topological polar surface area (TPSA) is 82.7 Å². The van der Waals surface area contributed by atoms with Gasteiger partial charge in [-0.1, -0.05) is 18.2 Å². The number of rotatable bonds is 5. The number of nitrogens with zero attached hydrogens (tertiary/aromatic N) is 2. The number of benzene rings is 3. The van der Waals surface area contributed by atoms with Gasteiger partial charge in [0, 0.05) is 36.3 Å². The maximum Gasteiger partial charge on any atom is 0.274 e. The summed E-state index contributed by atoms with van der Waals surface area (Å²) in [7, 11) is -1.65. The van der Waals surface area contributed by atoms with Gasteiger partial charge in [-0.2, -0.15) is 0 Å². The zero-order valence-electron chi connectivity index (χ0n) is 20.8. The largest absolute Gasteiger partial charge is 0.497 e. The number of hydrogen-bond acceptors (Lipinski definition) is 5. The minimum atomic E-state index is -3.27. The van der Waals surface area contributed by atoms with E-state index >= 15 is 0 Å². The van der Waals surface area contributed by atoms with Crippen molar-refractivity contribution in [1.82, 2.24) is 4.98 Å². The Hall–Kier alpha value is -3.78. The van der Waals surface area contributed by atoms with Crippen LogP contribution >= 0.6 is 0 Å². The summed E-state index contributed by atoms with van der Waals surface area (Å²) in [5.41, 5.74) is 5.03. The Morgan fingerprint density at radius 2 is 1.72 bits per heavy atom. The van der Waals surface area contributed by atoms with Crippen LogP contribution in [0.4, 0.5) is 11.4 Å². The van der Waals surface area contributed by atoms with Gasteiger partial charge in [0.25, 0.3) is 5.91 Å². The van der Waals surface area contributed by atoms with Crippen LogP contribution in [0.25, 0.3) is 22.0 Å². The first-order valence-corrected chi connectivity index (χ1v) is 13.8. The molecule has 0 fully saturated rings. The highest BCUT2D eigenvalue weighted by molar-refractivity contribution is 7.90. The van der Waals surface area contributed by atoms with E-state index in [0.717, 1.165) is 45.7 Å². The number of anilines is 2. The van der Waals surface area contributed by atoms with E-state index in [1.807, 2.05) is 47.4 Å². The molecular weight excluding hydrogens is 474 g/mol. The van der Waals surface area contributed by atoms with Crippen LogP contribution in [0, 0.1) is 0 Å². The summed E-state index contributed by atoms with van der Waals surface area (Å²) in [6, 6.07) is 20.6. The third-order valence-corrected chi connectivity index (χ3v) is 7.94. The molecule has 0 bridgehead atoms. The molecule has 36 heavy (non-hydrogen) atoms. The number of amides is 1. The van der Waals surface area contributed by atoms with Crippen LogP contribution in [0.3, 0.4) is 0 Å². The molecule has 0 saturated heterocycles. The molecule has 8 heteroatoms. The zero-order chi connectivity index (χ0) is 25.6. The quantitative estimate of drug-likeness (QED) is 0.409. The highest BCUT2D eigenvalue weighted by atomic mass is 32.2. The van der Waals surface area contributed by atoms with Gasteiger partial charge in [-0.15, -0.1) is 0 Å². The molecule has 0 spiro atoms. The second-order valence-electron chi connectivity index (χ2n) is 9.19. The van der Waals surface area contributed by atoms with Gasteiger partial charge in [0.2, 0.25) is 0 Å². The molecular formula is C28H29N3O4S. The van der Waals surface area contributed by atoms with Gasteiger partial charge in [0.05, 0.1) is 23.4 Å². The first kappa shape index (κ1) is 23.9. The Morgan fingerprint density at radius 3 is 2.39 bits per heavy atom. The van der Waals surface area contributed by atoms with Crippen LogP contribution in [0.1, 0.15) is 24.3 Å². The lowest BCUT2D eigenvalue weighted by Gasteiger charge is -2.42. The summed E-state index contributed by atoms with van der Waals surface area (Å²) in [5.74, 6) is 0.640. The third kappa shape index (κ3) is 4.22. The number of hydrogen-bond donors (Lipinski definition) is 1. The van der Waals surface area contributed by atoms with Crippen molar-refractivity contribution in [1.29, 1.82) is 0 Å². The summed E-state index contributed by atoms with van der Waals surface area (Å²) >= 11 is 0. The number of carbonyl (C=O) groups excluding carboxylic acids is 1. The molecule has 0 unspecified atom stereocenters. The minimum Gasteiger partial charge on any atom is -0.497 e. The SMILES string of the molecule is CCN1c2ccc(-c3ccc(S(C)(=O)=O)cc3)cc2N(C(=O)c2cc3cc(OC)ccc3[nH]2)C[C@@H]1C. The summed E-state index contributed by atoms with van der Waals surface area (Å²) in [5, 5.41) is 0.915. The molecule has 1 aromatic heterocycles. The van der Waals surface area contributed by atoms with Crippen LogP contribution in [-0.2, 0) is 9.84 Å². The molecule has 5 rings (SSSR count). The molecule has 2 heterocycles. The van der Waals surface area contributed by atoms with Crippen molar-refractivity contribution in [3.63, 3.8) is 0 Å². The van der Waals surface area contributed by atoms with Gasteiger partial charge < -0.3 is 19.5 Å². The van der Waals surface area contributed by atoms with Crippen molar-refractivity contribution >= 4 is 38.0 Å². The van der Waals surface area contributed by atoms with E-state index in [-0.39, 0.29) is 16.8 Å². The fourth-order valence-electron chi connectivity index (χ4n) is 4.93. The van der Waals surface area contributed by atoms with E-state index in [1.54, 1.807) is 31.4 Å². The first-order valence-electron chi connectivity index (χ1n) is 11.9. The fraction of sp³-hybridized carbons (Fsp3) is 0.250. The first-order chi connectivity index (χ1) is 17.2. The van der Waals surface area contributed by atoms with Crippen molar-refractivity contribution in [2.24, 2.45) is 0 Å². The molecule has 1 N–H and O–H groups in total. The number of aromatic nitrogens is 1. The third-order valence-electron chi connectivity index (χ3n) is 6.81. The van der Waals surface area contributed by atoms with Gasteiger partial charge >= 0.3 is 0 Å². The highest BCUT2D eigenvalue weighted by Gasteiger charge is 2.32. The summed E-state index contributed by atoms with van der Waals surface area (Å²) in [6.07, 6.45) is 1.20. The Balaban J connectivity index is 1.57. The Labute approximate surface area is 211 Å². The van der Waals surface area contributed by atoms with E-state index in [1.165, 1.54) is 6.26 Å². The molecule has 1 aliphatic rings. The van der Waals surface area contributed by atoms with Gasteiger partial charge in [0.1, 0.15) is 11.4 Å². The molecule has 1 amide bonds. The van der Waals surface area contributed by atoms with Crippen molar-refractivity contribution in [2.45, 2.75) is 24.8 Å². The fourth-order valence-corrected chi connectivity index (χ4v) is 5.56. The summed E-state index contributed by atoms with van der Waals surface area (Å²) in [4.78, 5) is 21.5. The molecule has 1 atom stereocenters. The molecule has 3 aromatic carbocycles. The van der Waals surface area contributed by atoms with Crippen LogP contribution in [0.15, 0.2) is 71.6 Å². The van der Waals surface area contributed by atoms with Gasteiger partial charge in [-0.05, 0) is 73.5 Å². The number of likely N-dealkylation sites (N-methyl/N-ethyl adjacent to an activating group) is 1. The van der Waals surface area contributed by atoms with Crippen LogP contribution < -0.4 is 14.5 Å². The maximum atomic E-state index is 13.8. The van der Waals surface area contributed by atoms with E-state index in [0.29, 0.717) is 12.2 Å². The molecule has 0 radical (unpaired) electrons. The van der Waals surface area contributed by atoms with Crippen molar-refractivity contribution in [3.05, 3.63) is 72.4 Å². The van der Waals surface area contributed by atoms with E-state index in [9.17, 15) is 13.2 Å². The highest BCUT2D eigenvalue weighted by Crippen LogP contribution is 2.39. The lowest BCUT2D eigenvalue weighted by Crippen LogP contribution is -2.49. The number of fused-ring (bicyclic) bond motifs is 2. The van der Waals surface area contributed by atoms with Crippen LogP contribution in [0.5, 0.6) is 5.75 Å². The van der Waals surface area contributed by atoms with Crippen LogP contribution in [-0.4, -0.2) is 51.8 Å². The van der Waals surface area contributed by atoms with Crippen molar-refractivity contribution in [3.8, 4) is 16.9 Å². The normalized spacial score (nSPS) is 15.7. The molecule has 1 aliphatic heterocycles. The average Bonchev–Trinajstić information content (AvgIpc) is 3.30. The molecule has 0 saturated carbocycles. The molecule has 4 aromatic rings. The summed E-state index contributed by atoms with van der Waals surface area (Å²) in [6.45, 7) is 5.61.